The Morgan fingerprint density at radius 3 is 2.78 bits per heavy atom. The predicted octanol–water partition coefficient (Wildman–Crippen LogP) is 1.60. The van der Waals surface area contributed by atoms with E-state index in [0.717, 1.165) is 16.5 Å². The van der Waals surface area contributed by atoms with Gasteiger partial charge >= 0.3 is 6.09 Å². The summed E-state index contributed by atoms with van der Waals surface area (Å²) in [6.45, 7) is 1.73. The second-order valence-corrected chi connectivity index (χ2v) is 4.04. The van der Waals surface area contributed by atoms with Crippen LogP contribution in [0.15, 0.2) is 24.4 Å². The molecular weight excluding hydrogens is 234 g/mol. The van der Waals surface area contributed by atoms with Crippen LogP contribution < -0.4 is 11.1 Å². The molecule has 0 spiro atoms. The van der Waals surface area contributed by atoms with Gasteiger partial charge in [-0.1, -0.05) is 0 Å². The molecular formula is C12H13N3O3. The molecule has 6 heteroatoms. The standard InChI is InChI=1S/C12H13N3O3/c1-6(15-12(17)18)9-5-14-10-3-2-7(11(13)16)4-8(9)10/h2-6,14-15H,1H3,(H2,13,16)(H,17,18). The van der Waals surface area contributed by atoms with E-state index < -0.39 is 12.0 Å². The third-order valence-electron chi connectivity index (χ3n) is 2.80. The van der Waals surface area contributed by atoms with Gasteiger partial charge < -0.3 is 21.1 Å². The molecule has 2 rings (SSSR count). The van der Waals surface area contributed by atoms with Crippen LogP contribution >= 0.6 is 0 Å². The number of H-pyrrole nitrogens is 1. The molecule has 1 aromatic heterocycles. The summed E-state index contributed by atoms with van der Waals surface area (Å²) in [5.41, 5.74) is 7.22. The normalized spacial score (nSPS) is 12.3. The van der Waals surface area contributed by atoms with E-state index >= 15 is 0 Å². The number of nitrogens with one attached hydrogen (secondary N) is 2. The quantitative estimate of drug-likeness (QED) is 0.661. The lowest BCUT2D eigenvalue weighted by atomic mass is 10.0. The van der Waals surface area contributed by atoms with Crippen LogP contribution in [-0.2, 0) is 0 Å². The smallest absolute Gasteiger partial charge is 0.405 e. The van der Waals surface area contributed by atoms with E-state index in [2.05, 4.69) is 10.3 Å². The van der Waals surface area contributed by atoms with Crippen molar-refractivity contribution in [3.8, 4) is 0 Å². The molecule has 1 unspecified atom stereocenters. The minimum Gasteiger partial charge on any atom is -0.465 e. The maximum atomic E-state index is 11.1. The average Bonchev–Trinajstić information content (AvgIpc) is 2.70. The van der Waals surface area contributed by atoms with Crippen molar-refractivity contribution in [1.82, 2.24) is 10.3 Å². The van der Waals surface area contributed by atoms with Crippen molar-refractivity contribution in [2.75, 3.05) is 0 Å². The topological polar surface area (TPSA) is 108 Å². The van der Waals surface area contributed by atoms with Crippen LogP contribution in [0.1, 0.15) is 28.9 Å². The fourth-order valence-electron chi connectivity index (χ4n) is 1.92. The van der Waals surface area contributed by atoms with E-state index in [4.69, 9.17) is 10.8 Å². The number of amides is 2. The first-order valence-corrected chi connectivity index (χ1v) is 5.39. The maximum absolute atomic E-state index is 11.1. The number of hydrogen-bond acceptors (Lipinski definition) is 2. The fraction of sp³-hybridized carbons (Fsp3) is 0.167. The van der Waals surface area contributed by atoms with E-state index in [0.29, 0.717) is 5.56 Å². The van der Waals surface area contributed by atoms with E-state index in [-0.39, 0.29) is 6.04 Å². The monoisotopic (exact) mass is 247 g/mol. The molecule has 1 atom stereocenters. The van der Waals surface area contributed by atoms with Gasteiger partial charge in [-0.2, -0.15) is 0 Å². The number of carboxylic acid groups (broad SMARTS) is 1. The highest BCUT2D eigenvalue weighted by Crippen LogP contribution is 2.25. The Kier molecular flexibility index (Phi) is 2.93. The highest BCUT2D eigenvalue weighted by Gasteiger charge is 2.14. The third kappa shape index (κ3) is 2.13. The Morgan fingerprint density at radius 1 is 1.44 bits per heavy atom. The minimum absolute atomic E-state index is 0.376. The lowest BCUT2D eigenvalue weighted by Crippen LogP contribution is -2.24. The van der Waals surface area contributed by atoms with Crippen molar-refractivity contribution >= 4 is 22.9 Å². The largest absolute Gasteiger partial charge is 0.465 e. The van der Waals surface area contributed by atoms with Crippen molar-refractivity contribution in [1.29, 1.82) is 0 Å². The van der Waals surface area contributed by atoms with Crippen molar-refractivity contribution in [3.63, 3.8) is 0 Å². The maximum Gasteiger partial charge on any atom is 0.405 e. The first kappa shape index (κ1) is 12.0. The van der Waals surface area contributed by atoms with Gasteiger partial charge in [-0.3, -0.25) is 4.79 Å². The van der Waals surface area contributed by atoms with Crippen LogP contribution in [0.25, 0.3) is 10.9 Å². The highest BCUT2D eigenvalue weighted by atomic mass is 16.4. The van der Waals surface area contributed by atoms with Gasteiger partial charge in [0, 0.05) is 22.7 Å². The highest BCUT2D eigenvalue weighted by molar-refractivity contribution is 5.98. The van der Waals surface area contributed by atoms with Crippen LogP contribution in [0.4, 0.5) is 4.79 Å². The molecule has 2 aromatic rings. The molecule has 0 fully saturated rings. The molecule has 0 saturated heterocycles. The number of aromatic nitrogens is 1. The van der Waals surface area contributed by atoms with E-state index in [9.17, 15) is 9.59 Å². The summed E-state index contributed by atoms with van der Waals surface area (Å²) < 4.78 is 0. The molecule has 5 N–H and O–H groups in total. The van der Waals surface area contributed by atoms with Crippen LogP contribution in [-0.4, -0.2) is 22.1 Å². The summed E-state index contributed by atoms with van der Waals surface area (Å²) in [5, 5.41) is 11.9. The van der Waals surface area contributed by atoms with Gasteiger partial charge in [0.1, 0.15) is 0 Å². The molecule has 18 heavy (non-hydrogen) atoms. The number of benzene rings is 1. The molecule has 1 aromatic carbocycles. The predicted molar refractivity (Wildman–Crippen MR) is 66.4 cm³/mol. The van der Waals surface area contributed by atoms with E-state index in [1.807, 2.05) is 0 Å². The van der Waals surface area contributed by atoms with E-state index in [1.165, 1.54) is 0 Å². The summed E-state index contributed by atoms with van der Waals surface area (Å²) in [5.74, 6) is -0.511. The van der Waals surface area contributed by atoms with Gasteiger partial charge in [-0.15, -0.1) is 0 Å². The summed E-state index contributed by atoms with van der Waals surface area (Å²) in [6.07, 6.45) is 0.624. The van der Waals surface area contributed by atoms with Crippen LogP contribution in [0.3, 0.4) is 0 Å². The van der Waals surface area contributed by atoms with Crippen molar-refractivity contribution in [3.05, 3.63) is 35.5 Å². The first-order valence-electron chi connectivity index (χ1n) is 5.39. The Labute approximate surface area is 103 Å². The Bertz CT molecular complexity index is 618. The molecule has 0 radical (unpaired) electrons. The molecule has 1 heterocycles. The second-order valence-electron chi connectivity index (χ2n) is 4.04. The summed E-state index contributed by atoms with van der Waals surface area (Å²) in [4.78, 5) is 24.8. The Balaban J connectivity index is 2.48. The zero-order chi connectivity index (χ0) is 13.3. The molecule has 0 aliphatic heterocycles. The number of fused-ring (bicyclic) bond motifs is 1. The molecule has 0 aliphatic rings. The summed E-state index contributed by atoms with van der Waals surface area (Å²) in [7, 11) is 0. The van der Waals surface area contributed by atoms with Crippen molar-refractivity contribution in [2.45, 2.75) is 13.0 Å². The van der Waals surface area contributed by atoms with Gasteiger partial charge in [0.25, 0.3) is 0 Å². The minimum atomic E-state index is -1.09. The zero-order valence-electron chi connectivity index (χ0n) is 9.73. The average molecular weight is 247 g/mol. The van der Waals surface area contributed by atoms with Gasteiger partial charge in [-0.05, 0) is 30.7 Å². The van der Waals surface area contributed by atoms with E-state index in [1.54, 1.807) is 31.3 Å². The molecule has 0 bridgehead atoms. The SMILES string of the molecule is CC(NC(=O)O)c1c[nH]c2ccc(C(N)=O)cc12. The summed E-state index contributed by atoms with van der Waals surface area (Å²) in [6, 6.07) is 4.65. The van der Waals surface area contributed by atoms with Crippen LogP contribution in [0, 0.1) is 0 Å². The second kappa shape index (κ2) is 4.40. The van der Waals surface area contributed by atoms with Crippen molar-refractivity contribution < 1.29 is 14.7 Å². The van der Waals surface area contributed by atoms with Gasteiger partial charge in [0.15, 0.2) is 0 Å². The number of rotatable bonds is 3. The van der Waals surface area contributed by atoms with Gasteiger partial charge in [0.2, 0.25) is 5.91 Å². The number of aromatic amines is 1. The first-order chi connectivity index (χ1) is 8.49. The molecule has 0 aliphatic carbocycles. The number of nitrogens with two attached hydrogens (primary N) is 1. The number of carbonyl (C=O) groups is 2. The van der Waals surface area contributed by atoms with Crippen LogP contribution in [0.5, 0.6) is 0 Å². The lowest BCUT2D eigenvalue weighted by Gasteiger charge is -2.10. The fourth-order valence-corrected chi connectivity index (χ4v) is 1.92. The number of carbonyl (C=O) groups excluding carboxylic acids is 1. The Morgan fingerprint density at radius 2 is 2.17 bits per heavy atom. The molecule has 94 valence electrons. The van der Waals surface area contributed by atoms with Crippen LogP contribution in [0.2, 0.25) is 0 Å². The Hall–Kier alpha value is -2.50. The molecule has 0 saturated carbocycles. The third-order valence-corrected chi connectivity index (χ3v) is 2.80. The number of hydrogen-bond donors (Lipinski definition) is 4. The summed E-state index contributed by atoms with van der Waals surface area (Å²) >= 11 is 0. The van der Waals surface area contributed by atoms with Crippen molar-refractivity contribution in [2.24, 2.45) is 5.73 Å². The zero-order valence-corrected chi connectivity index (χ0v) is 9.73. The van der Waals surface area contributed by atoms with Gasteiger partial charge in [0.05, 0.1) is 6.04 Å². The molecule has 2 amide bonds. The van der Waals surface area contributed by atoms with Gasteiger partial charge in [-0.25, -0.2) is 4.79 Å². The molecule has 6 nitrogen and oxygen atoms in total. The number of primary amides is 1. The lowest BCUT2D eigenvalue weighted by molar-refractivity contribution is 0.100.